The van der Waals surface area contributed by atoms with Crippen LogP contribution in [0.25, 0.3) is 0 Å². The van der Waals surface area contributed by atoms with E-state index in [4.69, 9.17) is 0 Å². The molecule has 15 heavy (non-hydrogen) atoms. The Morgan fingerprint density at radius 2 is 2.00 bits per heavy atom. The lowest BCUT2D eigenvalue weighted by Crippen LogP contribution is -2.16. The van der Waals surface area contributed by atoms with Gasteiger partial charge in [0.15, 0.2) is 0 Å². The monoisotopic (exact) mass is 289 g/mol. The summed E-state index contributed by atoms with van der Waals surface area (Å²) in [6.07, 6.45) is 2.72. The molecular weight excluding hydrogens is 274 g/mol. The molecule has 1 aromatic rings. The third-order valence-corrected chi connectivity index (χ3v) is 3.42. The van der Waals surface area contributed by atoms with E-state index in [1.165, 1.54) is 5.56 Å². The Bertz CT molecular complexity index is 313. The van der Waals surface area contributed by atoms with E-state index >= 15 is 0 Å². The molecule has 0 aliphatic carbocycles. The van der Waals surface area contributed by atoms with Gasteiger partial charge in [-0.05, 0) is 30.7 Å². The number of halogens is 1. The van der Waals surface area contributed by atoms with E-state index in [0.29, 0.717) is 0 Å². The van der Waals surface area contributed by atoms with Gasteiger partial charge in [0.25, 0.3) is 0 Å². The van der Waals surface area contributed by atoms with Crippen LogP contribution in [0.5, 0.6) is 0 Å². The van der Waals surface area contributed by atoms with E-state index in [0.717, 1.165) is 29.7 Å². The predicted octanol–water partition coefficient (Wildman–Crippen LogP) is 2.31. The molecule has 0 saturated carbocycles. The second-order valence-corrected chi connectivity index (χ2v) is 5.90. The summed E-state index contributed by atoms with van der Waals surface area (Å²) in [5, 5.41) is 3.33. The molecule has 0 aliphatic heterocycles. The van der Waals surface area contributed by atoms with E-state index in [9.17, 15) is 4.21 Å². The maximum atomic E-state index is 10.8. The molecule has 1 unspecified atom stereocenters. The summed E-state index contributed by atoms with van der Waals surface area (Å²) in [6.45, 7) is 1.80. The van der Waals surface area contributed by atoms with Crippen LogP contribution in [0.4, 0.5) is 0 Å². The quantitative estimate of drug-likeness (QED) is 0.815. The summed E-state index contributed by atoms with van der Waals surface area (Å²) in [6, 6.07) is 8.26. The van der Waals surface area contributed by atoms with E-state index in [2.05, 4.69) is 33.4 Å². The Morgan fingerprint density at radius 1 is 1.33 bits per heavy atom. The smallest absolute Gasteiger partial charge is 0.0244 e. The summed E-state index contributed by atoms with van der Waals surface area (Å²) in [4.78, 5) is 0. The van der Waals surface area contributed by atoms with Gasteiger partial charge >= 0.3 is 0 Å². The van der Waals surface area contributed by atoms with Crippen LogP contribution in [-0.4, -0.2) is 22.8 Å². The van der Waals surface area contributed by atoms with Crippen LogP contribution in [0.3, 0.4) is 0 Å². The molecule has 1 atom stereocenters. The van der Waals surface area contributed by atoms with E-state index in [-0.39, 0.29) is 0 Å². The second kappa shape index (κ2) is 7.14. The maximum absolute atomic E-state index is 10.8. The molecule has 0 radical (unpaired) electrons. The van der Waals surface area contributed by atoms with Gasteiger partial charge in [-0.2, -0.15) is 0 Å². The van der Waals surface area contributed by atoms with Gasteiger partial charge in [0.05, 0.1) is 0 Å². The molecule has 2 nitrogen and oxygen atoms in total. The standard InChI is InChI=1S/C11H16BrNOS/c1-15(14)8-2-7-13-9-10-3-5-11(12)6-4-10/h3-6,13H,2,7-9H2,1H3. The number of nitrogens with one attached hydrogen (secondary N) is 1. The van der Waals surface area contributed by atoms with Crippen molar-refractivity contribution < 1.29 is 4.21 Å². The van der Waals surface area contributed by atoms with Crippen molar-refractivity contribution in [1.29, 1.82) is 0 Å². The van der Waals surface area contributed by atoms with Crippen LogP contribution in [-0.2, 0) is 17.3 Å². The van der Waals surface area contributed by atoms with Crippen molar-refractivity contribution in [2.45, 2.75) is 13.0 Å². The van der Waals surface area contributed by atoms with Crippen molar-refractivity contribution in [3.63, 3.8) is 0 Å². The number of hydrogen-bond donors (Lipinski definition) is 1. The fourth-order valence-corrected chi connectivity index (χ4v) is 2.05. The summed E-state index contributed by atoms with van der Waals surface area (Å²) in [5.74, 6) is 0.785. The van der Waals surface area contributed by atoms with E-state index in [1.807, 2.05) is 12.1 Å². The molecule has 0 heterocycles. The number of rotatable bonds is 6. The highest BCUT2D eigenvalue weighted by molar-refractivity contribution is 9.10. The molecule has 0 amide bonds. The lowest BCUT2D eigenvalue weighted by molar-refractivity contribution is 0.662. The summed E-state index contributed by atoms with van der Waals surface area (Å²) < 4.78 is 11.9. The molecule has 0 spiro atoms. The Hall–Kier alpha value is -0.190. The summed E-state index contributed by atoms with van der Waals surface area (Å²) in [5.41, 5.74) is 1.27. The van der Waals surface area contributed by atoms with Gasteiger partial charge in [0.1, 0.15) is 0 Å². The topological polar surface area (TPSA) is 29.1 Å². The zero-order chi connectivity index (χ0) is 11.1. The largest absolute Gasteiger partial charge is 0.313 e. The van der Waals surface area contributed by atoms with Gasteiger partial charge in [-0.1, -0.05) is 28.1 Å². The third-order valence-electron chi connectivity index (χ3n) is 2.03. The first-order valence-electron chi connectivity index (χ1n) is 4.93. The van der Waals surface area contributed by atoms with Gasteiger partial charge in [-0.25, -0.2) is 0 Å². The lowest BCUT2D eigenvalue weighted by Gasteiger charge is -2.04. The lowest BCUT2D eigenvalue weighted by atomic mass is 10.2. The molecular formula is C11H16BrNOS. The minimum atomic E-state index is -0.663. The van der Waals surface area contributed by atoms with Crippen molar-refractivity contribution in [3.05, 3.63) is 34.3 Å². The minimum Gasteiger partial charge on any atom is -0.313 e. The normalized spacial score (nSPS) is 12.7. The van der Waals surface area contributed by atoms with E-state index < -0.39 is 10.8 Å². The fraction of sp³-hybridized carbons (Fsp3) is 0.455. The zero-order valence-corrected chi connectivity index (χ0v) is 11.2. The average molecular weight is 290 g/mol. The Labute approximate surface area is 102 Å². The molecule has 0 aromatic heterocycles. The molecule has 0 bridgehead atoms. The molecule has 1 rings (SSSR count). The highest BCUT2D eigenvalue weighted by Gasteiger charge is 1.94. The van der Waals surface area contributed by atoms with Crippen molar-refractivity contribution in [3.8, 4) is 0 Å². The van der Waals surface area contributed by atoms with Gasteiger partial charge in [0.2, 0.25) is 0 Å². The van der Waals surface area contributed by atoms with Gasteiger partial charge in [0, 0.05) is 33.8 Å². The summed E-state index contributed by atoms with van der Waals surface area (Å²) in [7, 11) is -0.663. The van der Waals surface area contributed by atoms with Crippen molar-refractivity contribution in [2.24, 2.45) is 0 Å². The van der Waals surface area contributed by atoms with Gasteiger partial charge < -0.3 is 5.32 Å². The van der Waals surface area contributed by atoms with Crippen LogP contribution in [0, 0.1) is 0 Å². The van der Waals surface area contributed by atoms with E-state index in [1.54, 1.807) is 6.26 Å². The Morgan fingerprint density at radius 3 is 2.60 bits per heavy atom. The second-order valence-electron chi connectivity index (χ2n) is 3.43. The van der Waals surface area contributed by atoms with Crippen molar-refractivity contribution in [1.82, 2.24) is 5.32 Å². The molecule has 1 aromatic carbocycles. The first-order valence-corrected chi connectivity index (χ1v) is 7.45. The molecule has 4 heteroatoms. The molecule has 0 aliphatic rings. The number of benzene rings is 1. The fourth-order valence-electron chi connectivity index (χ4n) is 1.24. The maximum Gasteiger partial charge on any atom is 0.0244 e. The average Bonchev–Trinajstić information content (AvgIpc) is 2.20. The van der Waals surface area contributed by atoms with Crippen molar-refractivity contribution in [2.75, 3.05) is 18.6 Å². The molecule has 0 fully saturated rings. The zero-order valence-electron chi connectivity index (χ0n) is 8.83. The third kappa shape index (κ3) is 6.07. The first kappa shape index (κ1) is 12.9. The Balaban J connectivity index is 2.15. The van der Waals surface area contributed by atoms with Crippen LogP contribution in [0.15, 0.2) is 28.7 Å². The number of hydrogen-bond acceptors (Lipinski definition) is 2. The predicted molar refractivity (Wildman–Crippen MR) is 69.4 cm³/mol. The molecule has 84 valence electrons. The van der Waals surface area contributed by atoms with Crippen LogP contribution in [0.1, 0.15) is 12.0 Å². The first-order chi connectivity index (χ1) is 7.18. The summed E-state index contributed by atoms with van der Waals surface area (Å²) >= 11 is 3.40. The highest BCUT2D eigenvalue weighted by Crippen LogP contribution is 2.09. The van der Waals surface area contributed by atoms with Crippen molar-refractivity contribution >= 4 is 26.7 Å². The van der Waals surface area contributed by atoms with Gasteiger partial charge in [-0.3, -0.25) is 4.21 Å². The highest BCUT2D eigenvalue weighted by atomic mass is 79.9. The molecule has 0 saturated heterocycles. The van der Waals surface area contributed by atoms with Gasteiger partial charge in [-0.15, -0.1) is 0 Å². The van der Waals surface area contributed by atoms with Crippen LogP contribution >= 0.6 is 15.9 Å². The van der Waals surface area contributed by atoms with Crippen LogP contribution in [0.2, 0.25) is 0 Å². The van der Waals surface area contributed by atoms with Crippen LogP contribution < -0.4 is 5.32 Å². The minimum absolute atomic E-state index is 0.663. The SMILES string of the molecule is CS(=O)CCCNCc1ccc(Br)cc1. The Kier molecular flexibility index (Phi) is 6.13. The molecule has 1 N–H and O–H groups in total.